The number of hydrogen-bond acceptors (Lipinski definition) is 7. The van der Waals surface area contributed by atoms with Crippen molar-refractivity contribution in [3.05, 3.63) is 59.2 Å². The van der Waals surface area contributed by atoms with E-state index in [1.165, 1.54) is 17.4 Å². The molecule has 7 nitrogen and oxygen atoms in total. The van der Waals surface area contributed by atoms with Gasteiger partial charge in [0.15, 0.2) is 4.34 Å². The van der Waals surface area contributed by atoms with E-state index >= 15 is 0 Å². The van der Waals surface area contributed by atoms with Crippen molar-refractivity contribution in [3.8, 4) is 0 Å². The Morgan fingerprint density at radius 2 is 1.90 bits per heavy atom. The van der Waals surface area contributed by atoms with Crippen LogP contribution in [0.4, 0.5) is 10.8 Å². The molecule has 31 heavy (non-hydrogen) atoms. The van der Waals surface area contributed by atoms with E-state index < -0.39 is 15.9 Å². The molecule has 0 bridgehead atoms. The van der Waals surface area contributed by atoms with E-state index in [4.69, 9.17) is 0 Å². The SMILES string of the molecule is Cc1cccc(NS(=O)(=O)c2cc(C(=O)Nc3nnc(SCC(C)C)s3)ccc2C)c1. The fraction of sp³-hybridized carbons (Fsp3) is 0.286. The summed E-state index contributed by atoms with van der Waals surface area (Å²) in [5.74, 6) is 0.993. The number of aromatic nitrogens is 2. The number of hydrogen-bond donors (Lipinski definition) is 2. The van der Waals surface area contributed by atoms with Crippen LogP contribution >= 0.6 is 23.1 Å². The molecule has 0 aliphatic carbocycles. The lowest BCUT2D eigenvalue weighted by Crippen LogP contribution is -2.17. The van der Waals surface area contributed by atoms with Crippen molar-refractivity contribution < 1.29 is 13.2 Å². The summed E-state index contributed by atoms with van der Waals surface area (Å²) < 4.78 is 29.2. The van der Waals surface area contributed by atoms with Crippen LogP contribution in [-0.4, -0.2) is 30.3 Å². The lowest BCUT2D eigenvalue weighted by Gasteiger charge is -2.12. The molecule has 3 aromatic rings. The van der Waals surface area contributed by atoms with Crippen LogP contribution in [0.2, 0.25) is 0 Å². The molecule has 2 aromatic carbocycles. The Kier molecular flexibility index (Phi) is 7.34. The first-order valence-corrected chi connectivity index (χ1v) is 12.9. The number of thioether (sulfide) groups is 1. The van der Waals surface area contributed by atoms with Crippen LogP contribution in [0, 0.1) is 19.8 Å². The summed E-state index contributed by atoms with van der Waals surface area (Å²) in [7, 11) is -3.86. The van der Waals surface area contributed by atoms with Crippen molar-refractivity contribution in [1.29, 1.82) is 0 Å². The molecule has 0 unspecified atom stereocenters. The number of carbonyl (C=O) groups excluding carboxylic acids is 1. The zero-order valence-electron chi connectivity index (χ0n) is 17.7. The Balaban J connectivity index is 1.77. The number of anilines is 2. The van der Waals surface area contributed by atoms with Crippen LogP contribution < -0.4 is 10.0 Å². The summed E-state index contributed by atoms with van der Waals surface area (Å²) in [4.78, 5) is 12.7. The van der Waals surface area contributed by atoms with Gasteiger partial charge in [-0.25, -0.2) is 8.42 Å². The average molecular weight is 477 g/mol. The van der Waals surface area contributed by atoms with Gasteiger partial charge in [-0.3, -0.25) is 14.8 Å². The number of nitrogens with zero attached hydrogens (tertiary/aromatic N) is 2. The van der Waals surface area contributed by atoms with Gasteiger partial charge < -0.3 is 0 Å². The van der Waals surface area contributed by atoms with Gasteiger partial charge >= 0.3 is 0 Å². The molecule has 0 aliphatic heterocycles. The van der Waals surface area contributed by atoms with Crippen molar-refractivity contribution in [2.45, 2.75) is 36.9 Å². The van der Waals surface area contributed by atoms with Crippen LogP contribution in [-0.2, 0) is 10.0 Å². The molecular formula is C21H24N4O3S3. The molecule has 3 rings (SSSR count). The van der Waals surface area contributed by atoms with Crippen molar-refractivity contribution >= 4 is 49.8 Å². The maximum atomic E-state index is 12.9. The number of benzene rings is 2. The zero-order chi connectivity index (χ0) is 22.6. The van der Waals surface area contributed by atoms with E-state index in [2.05, 4.69) is 34.1 Å². The average Bonchev–Trinajstić information content (AvgIpc) is 3.13. The molecule has 0 saturated carbocycles. The molecule has 164 valence electrons. The number of aryl methyl sites for hydroxylation is 2. The lowest BCUT2D eigenvalue weighted by atomic mass is 10.1. The minimum atomic E-state index is -3.86. The highest BCUT2D eigenvalue weighted by atomic mass is 32.2. The summed E-state index contributed by atoms with van der Waals surface area (Å²) in [5, 5.41) is 11.1. The second-order valence-electron chi connectivity index (χ2n) is 7.49. The third-order valence-electron chi connectivity index (χ3n) is 4.18. The van der Waals surface area contributed by atoms with Gasteiger partial charge in [0.25, 0.3) is 15.9 Å². The van der Waals surface area contributed by atoms with E-state index in [-0.39, 0.29) is 10.5 Å². The minimum Gasteiger partial charge on any atom is -0.296 e. The maximum absolute atomic E-state index is 12.9. The lowest BCUT2D eigenvalue weighted by molar-refractivity contribution is 0.102. The molecule has 1 heterocycles. The largest absolute Gasteiger partial charge is 0.296 e. The van der Waals surface area contributed by atoms with Gasteiger partial charge in [-0.15, -0.1) is 10.2 Å². The van der Waals surface area contributed by atoms with Crippen LogP contribution in [0.1, 0.15) is 35.3 Å². The molecule has 0 aliphatic rings. The first-order chi connectivity index (χ1) is 14.6. The number of carbonyl (C=O) groups is 1. The van der Waals surface area contributed by atoms with Crippen LogP contribution in [0.3, 0.4) is 0 Å². The first kappa shape index (κ1) is 23.2. The Morgan fingerprint density at radius 1 is 1.13 bits per heavy atom. The van der Waals surface area contributed by atoms with Gasteiger partial charge in [0.2, 0.25) is 5.13 Å². The van der Waals surface area contributed by atoms with E-state index in [9.17, 15) is 13.2 Å². The molecule has 0 saturated heterocycles. The van der Waals surface area contributed by atoms with Crippen LogP contribution in [0.5, 0.6) is 0 Å². The summed E-state index contributed by atoms with van der Waals surface area (Å²) in [6, 6.07) is 11.7. The molecule has 0 fully saturated rings. The van der Waals surface area contributed by atoms with Crippen LogP contribution in [0.25, 0.3) is 0 Å². The molecule has 10 heteroatoms. The quantitative estimate of drug-likeness (QED) is 0.352. The topological polar surface area (TPSA) is 101 Å². The molecule has 0 radical (unpaired) electrons. The zero-order valence-corrected chi connectivity index (χ0v) is 20.1. The van der Waals surface area contributed by atoms with Gasteiger partial charge in [-0.1, -0.05) is 55.1 Å². The Hall–Kier alpha value is -2.43. The van der Waals surface area contributed by atoms with Crippen molar-refractivity contribution in [2.75, 3.05) is 15.8 Å². The second-order valence-corrected chi connectivity index (χ2v) is 11.4. The highest BCUT2D eigenvalue weighted by Gasteiger charge is 2.20. The van der Waals surface area contributed by atoms with E-state index in [0.29, 0.717) is 22.3 Å². The van der Waals surface area contributed by atoms with E-state index in [1.807, 2.05) is 13.0 Å². The molecule has 1 amide bonds. The first-order valence-electron chi connectivity index (χ1n) is 9.62. The fourth-order valence-corrected chi connectivity index (χ4v) is 5.72. The fourth-order valence-electron chi connectivity index (χ4n) is 2.68. The monoisotopic (exact) mass is 476 g/mol. The summed E-state index contributed by atoms with van der Waals surface area (Å²) in [5.41, 5.74) is 2.17. The van der Waals surface area contributed by atoms with E-state index in [0.717, 1.165) is 15.7 Å². The number of nitrogens with one attached hydrogen (secondary N) is 2. The smallest absolute Gasteiger partial charge is 0.262 e. The molecule has 2 N–H and O–H groups in total. The van der Waals surface area contributed by atoms with Gasteiger partial charge in [0, 0.05) is 17.0 Å². The van der Waals surface area contributed by atoms with Gasteiger partial charge in [0.05, 0.1) is 4.90 Å². The predicted octanol–water partition coefficient (Wildman–Crippen LogP) is 4.96. The maximum Gasteiger partial charge on any atom is 0.262 e. The van der Waals surface area contributed by atoms with Crippen molar-refractivity contribution in [2.24, 2.45) is 5.92 Å². The van der Waals surface area contributed by atoms with Gasteiger partial charge in [-0.2, -0.15) is 0 Å². The predicted molar refractivity (Wildman–Crippen MR) is 127 cm³/mol. The number of amides is 1. The molecular weight excluding hydrogens is 452 g/mol. The summed E-state index contributed by atoms with van der Waals surface area (Å²) >= 11 is 2.88. The third kappa shape index (κ3) is 6.28. The Morgan fingerprint density at radius 3 is 2.61 bits per heavy atom. The minimum absolute atomic E-state index is 0.0482. The Bertz CT molecular complexity index is 1190. The summed E-state index contributed by atoms with van der Waals surface area (Å²) in [6.45, 7) is 7.81. The van der Waals surface area contributed by atoms with Crippen molar-refractivity contribution in [1.82, 2.24) is 10.2 Å². The molecule has 1 aromatic heterocycles. The highest BCUT2D eigenvalue weighted by molar-refractivity contribution is 8.01. The highest BCUT2D eigenvalue weighted by Crippen LogP contribution is 2.27. The van der Waals surface area contributed by atoms with Crippen molar-refractivity contribution in [3.63, 3.8) is 0 Å². The van der Waals surface area contributed by atoms with Gasteiger partial charge in [-0.05, 0) is 55.2 Å². The number of rotatable bonds is 8. The van der Waals surface area contributed by atoms with E-state index in [1.54, 1.807) is 49.0 Å². The third-order valence-corrected chi connectivity index (χ3v) is 8.10. The van der Waals surface area contributed by atoms with Gasteiger partial charge in [0.1, 0.15) is 0 Å². The molecule has 0 atom stereocenters. The molecule has 0 spiro atoms. The number of sulfonamides is 1. The summed E-state index contributed by atoms with van der Waals surface area (Å²) in [6.07, 6.45) is 0. The van der Waals surface area contributed by atoms with Crippen LogP contribution in [0.15, 0.2) is 51.7 Å². The second kappa shape index (κ2) is 9.80. The Labute approximate surface area is 190 Å². The normalized spacial score (nSPS) is 11.5. The standard InChI is InChI=1S/C21H24N4O3S3/c1-13(2)12-29-21-24-23-20(30-21)22-19(26)16-9-8-15(4)18(11-16)31(27,28)25-17-7-5-6-14(3)10-17/h5-11,13,25H,12H2,1-4H3,(H,22,23,26).